The third-order valence-electron chi connectivity index (χ3n) is 3.02. The summed E-state index contributed by atoms with van der Waals surface area (Å²) in [6, 6.07) is 2.73. The molecule has 0 aromatic heterocycles. The van der Waals surface area contributed by atoms with E-state index in [0.29, 0.717) is 5.92 Å². The molecule has 1 aliphatic carbocycles. The van der Waals surface area contributed by atoms with E-state index >= 15 is 0 Å². The molecular weight excluding hydrogens is 338 g/mol. The molecule has 17 heavy (non-hydrogen) atoms. The van der Waals surface area contributed by atoms with Gasteiger partial charge in [-0.15, -0.1) is 0 Å². The smallest absolute Gasteiger partial charge is 0.293 e. The number of nitro benzene ring substituents is 1. The Morgan fingerprint density at radius 3 is 2.88 bits per heavy atom. The summed E-state index contributed by atoms with van der Waals surface area (Å²) in [4.78, 5) is 10.4. The Bertz CT molecular complexity index is 467. The first kappa shape index (κ1) is 12.5. The Morgan fingerprint density at radius 2 is 2.35 bits per heavy atom. The van der Waals surface area contributed by atoms with E-state index in [2.05, 4.69) is 12.2 Å². The molecular formula is C11H12FIN2O2. The molecule has 1 N–H and O–H groups in total. The maximum Gasteiger partial charge on any atom is 0.293 e. The van der Waals surface area contributed by atoms with Crippen LogP contribution in [-0.4, -0.2) is 11.0 Å². The Kier molecular flexibility index (Phi) is 3.50. The molecule has 0 spiro atoms. The van der Waals surface area contributed by atoms with Gasteiger partial charge in [-0.3, -0.25) is 10.1 Å². The van der Waals surface area contributed by atoms with Gasteiger partial charge in [-0.1, -0.05) is 13.3 Å². The van der Waals surface area contributed by atoms with Gasteiger partial charge >= 0.3 is 0 Å². The number of rotatable bonds is 4. The molecule has 1 aromatic rings. The van der Waals surface area contributed by atoms with Crippen LogP contribution in [0.3, 0.4) is 0 Å². The highest BCUT2D eigenvalue weighted by molar-refractivity contribution is 14.1. The first-order chi connectivity index (χ1) is 8.02. The second-order valence-electron chi connectivity index (χ2n) is 4.20. The summed E-state index contributed by atoms with van der Waals surface area (Å²) in [6.45, 7) is 2.08. The van der Waals surface area contributed by atoms with E-state index in [-0.39, 0.29) is 21.0 Å². The molecule has 2 unspecified atom stereocenters. The van der Waals surface area contributed by atoms with Gasteiger partial charge in [0.05, 0.1) is 8.49 Å². The molecule has 0 amide bonds. The molecule has 6 heteroatoms. The fourth-order valence-electron chi connectivity index (χ4n) is 1.88. The average molecular weight is 350 g/mol. The van der Waals surface area contributed by atoms with Gasteiger partial charge in [-0.05, 0) is 34.9 Å². The number of nitrogens with zero attached hydrogens (tertiary/aromatic N) is 1. The van der Waals surface area contributed by atoms with E-state index in [1.54, 1.807) is 22.6 Å². The fourth-order valence-corrected chi connectivity index (χ4v) is 2.33. The molecule has 4 nitrogen and oxygen atoms in total. The van der Waals surface area contributed by atoms with Crippen molar-refractivity contribution in [2.24, 2.45) is 5.92 Å². The topological polar surface area (TPSA) is 55.2 Å². The van der Waals surface area contributed by atoms with E-state index in [1.807, 2.05) is 0 Å². The lowest BCUT2D eigenvalue weighted by Crippen LogP contribution is -2.07. The van der Waals surface area contributed by atoms with Crippen LogP contribution in [0.4, 0.5) is 15.8 Å². The first-order valence-corrected chi connectivity index (χ1v) is 6.50. The molecule has 1 fully saturated rings. The van der Waals surface area contributed by atoms with Crippen LogP contribution in [0, 0.1) is 25.4 Å². The third kappa shape index (κ3) is 2.67. The Morgan fingerprint density at radius 1 is 1.65 bits per heavy atom. The van der Waals surface area contributed by atoms with Gasteiger partial charge in [0.1, 0.15) is 11.5 Å². The first-order valence-electron chi connectivity index (χ1n) is 5.43. The molecule has 92 valence electrons. The van der Waals surface area contributed by atoms with Crippen LogP contribution in [0.2, 0.25) is 0 Å². The highest BCUT2D eigenvalue weighted by atomic mass is 127. The average Bonchev–Trinajstić information content (AvgIpc) is 3.01. The van der Waals surface area contributed by atoms with Gasteiger partial charge in [-0.2, -0.15) is 0 Å². The van der Waals surface area contributed by atoms with E-state index < -0.39 is 10.7 Å². The summed E-state index contributed by atoms with van der Waals surface area (Å²) in [6.07, 6.45) is 2.04. The number of hydrogen-bond donors (Lipinski definition) is 1. The maximum absolute atomic E-state index is 13.4. The summed E-state index contributed by atoms with van der Waals surface area (Å²) >= 11 is 1.75. The summed E-state index contributed by atoms with van der Waals surface area (Å²) in [7, 11) is 0. The number of benzene rings is 1. The van der Waals surface area contributed by atoms with E-state index in [4.69, 9.17) is 0 Å². The van der Waals surface area contributed by atoms with Crippen LogP contribution in [-0.2, 0) is 0 Å². The van der Waals surface area contributed by atoms with Crippen molar-refractivity contribution in [1.29, 1.82) is 0 Å². The largest absolute Gasteiger partial charge is 0.376 e. The lowest BCUT2D eigenvalue weighted by molar-refractivity contribution is -0.384. The van der Waals surface area contributed by atoms with Crippen LogP contribution in [0.1, 0.15) is 19.8 Å². The highest BCUT2D eigenvalue weighted by Crippen LogP contribution is 2.39. The highest BCUT2D eigenvalue weighted by Gasteiger charge is 2.36. The van der Waals surface area contributed by atoms with Gasteiger partial charge in [0, 0.05) is 18.2 Å². The normalized spacial score (nSPS) is 22.3. The molecule has 0 bridgehead atoms. The van der Waals surface area contributed by atoms with Crippen LogP contribution in [0.15, 0.2) is 12.1 Å². The van der Waals surface area contributed by atoms with Gasteiger partial charge in [0.2, 0.25) is 0 Å². The zero-order valence-corrected chi connectivity index (χ0v) is 11.4. The lowest BCUT2D eigenvalue weighted by atomic mass is 10.2. The number of hydrogen-bond acceptors (Lipinski definition) is 3. The zero-order chi connectivity index (χ0) is 12.6. The molecule has 1 aromatic carbocycles. The minimum atomic E-state index is -0.479. The predicted molar refractivity (Wildman–Crippen MR) is 71.6 cm³/mol. The number of nitro groups is 1. The van der Waals surface area contributed by atoms with Gasteiger partial charge < -0.3 is 5.32 Å². The quantitative estimate of drug-likeness (QED) is 0.513. The lowest BCUT2D eigenvalue weighted by Gasteiger charge is -2.07. The molecule has 0 radical (unpaired) electrons. The number of nitrogens with one attached hydrogen (secondary N) is 1. The van der Waals surface area contributed by atoms with Crippen LogP contribution in [0.5, 0.6) is 0 Å². The molecule has 0 aliphatic heterocycles. The van der Waals surface area contributed by atoms with Crippen LogP contribution in [0.25, 0.3) is 0 Å². The van der Waals surface area contributed by atoms with Crippen molar-refractivity contribution in [3.05, 3.63) is 31.6 Å². The van der Waals surface area contributed by atoms with Crippen molar-refractivity contribution in [2.75, 3.05) is 5.32 Å². The summed E-state index contributed by atoms with van der Waals surface area (Å²) in [5.74, 6) is 0.129. The minimum absolute atomic E-state index is 0.0578. The fraction of sp³-hybridized carbons (Fsp3) is 0.455. The van der Waals surface area contributed by atoms with Crippen molar-refractivity contribution in [3.8, 4) is 0 Å². The number of anilines is 1. The zero-order valence-electron chi connectivity index (χ0n) is 9.24. The Labute approximate surface area is 112 Å². The summed E-state index contributed by atoms with van der Waals surface area (Å²) in [5.41, 5.74) is 0.228. The molecule has 2 atom stereocenters. The monoisotopic (exact) mass is 350 g/mol. The maximum atomic E-state index is 13.4. The molecule has 1 saturated carbocycles. The van der Waals surface area contributed by atoms with Crippen molar-refractivity contribution >= 4 is 34.0 Å². The number of halogens is 2. The second-order valence-corrected chi connectivity index (χ2v) is 5.36. The molecule has 2 rings (SSSR count). The van der Waals surface area contributed by atoms with Crippen molar-refractivity contribution in [1.82, 2.24) is 0 Å². The van der Waals surface area contributed by atoms with Crippen LogP contribution >= 0.6 is 22.6 Å². The Hall–Kier alpha value is -0.920. The Balaban J connectivity index is 2.25. The van der Waals surface area contributed by atoms with E-state index in [0.717, 1.165) is 12.8 Å². The third-order valence-corrected chi connectivity index (χ3v) is 3.85. The van der Waals surface area contributed by atoms with Crippen molar-refractivity contribution in [2.45, 2.75) is 25.8 Å². The molecule has 0 heterocycles. The second kappa shape index (κ2) is 4.75. The predicted octanol–water partition coefficient (Wildman–Crippen LogP) is 3.55. The van der Waals surface area contributed by atoms with Gasteiger partial charge in [0.25, 0.3) is 5.69 Å². The van der Waals surface area contributed by atoms with E-state index in [9.17, 15) is 14.5 Å². The molecule has 0 saturated heterocycles. The summed E-state index contributed by atoms with van der Waals surface area (Å²) < 4.78 is 13.7. The van der Waals surface area contributed by atoms with Gasteiger partial charge in [-0.25, -0.2) is 4.39 Å². The summed E-state index contributed by atoms with van der Waals surface area (Å²) in [5, 5.41) is 13.9. The van der Waals surface area contributed by atoms with Gasteiger partial charge in [0.15, 0.2) is 0 Å². The minimum Gasteiger partial charge on any atom is -0.376 e. The SMILES string of the molecule is CCC1CC1Nc1cc(F)c(I)cc1[N+](=O)[O-]. The van der Waals surface area contributed by atoms with Crippen LogP contribution < -0.4 is 5.32 Å². The standard InChI is InChI=1S/C11H12FIN2O2/c1-2-6-3-9(6)14-10-4-7(12)8(13)5-11(10)15(16)17/h4-6,9,14H,2-3H2,1H3. The van der Waals surface area contributed by atoms with Crippen molar-refractivity contribution in [3.63, 3.8) is 0 Å². The molecule has 1 aliphatic rings. The van der Waals surface area contributed by atoms with Crippen molar-refractivity contribution < 1.29 is 9.31 Å². The van der Waals surface area contributed by atoms with E-state index in [1.165, 1.54) is 12.1 Å².